The summed E-state index contributed by atoms with van der Waals surface area (Å²) in [7, 11) is 1.63. The van der Waals surface area contributed by atoms with Crippen molar-refractivity contribution in [3.8, 4) is 17.1 Å². The van der Waals surface area contributed by atoms with E-state index in [2.05, 4.69) is 15.1 Å². The highest BCUT2D eigenvalue weighted by Crippen LogP contribution is 2.29. The van der Waals surface area contributed by atoms with Crippen LogP contribution in [-0.2, 0) is 0 Å². The van der Waals surface area contributed by atoms with Crippen LogP contribution in [0.3, 0.4) is 0 Å². The van der Waals surface area contributed by atoms with Gasteiger partial charge in [0.2, 0.25) is 11.7 Å². The Morgan fingerprint density at radius 2 is 1.96 bits per heavy atom. The lowest BCUT2D eigenvalue weighted by Crippen LogP contribution is -2.38. The zero-order chi connectivity index (χ0) is 18.6. The molecule has 0 radical (unpaired) electrons. The second-order valence-corrected chi connectivity index (χ2v) is 6.49. The first-order valence-corrected chi connectivity index (χ1v) is 8.92. The number of piperidine rings is 1. The molecular formula is C20H20N4O3. The molecule has 3 aromatic rings. The predicted molar refractivity (Wildman–Crippen MR) is 98.4 cm³/mol. The summed E-state index contributed by atoms with van der Waals surface area (Å²) < 4.78 is 10.7. The molecule has 1 aliphatic heterocycles. The molecule has 1 aromatic carbocycles. The van der Waals surface area contributed by atoms with Crippen molar-refractivity contribution in [1.29, 1.82) is 0 Å². The van der Waals surface area contributed by atoms with E-state index >= 15 is 0 Å². The van der Waals surface area contributed by atoms with Gasteiger partial charge in [0.05, 0.1) is 7.11 Å². The first-order chi connectivity index (χ1) is 13.2. The van der Waals surface area contributed by atoms with Gasteiger partial charge in [0, 0.05) is 42.5 Å². The molecule has 7 nitrogen and oxygen atoms in total. The smallest absolute Gasteiger partial charge is 0.253 e. The SMILES string of the molecule is COc1cccc(-c2noc(C3CCN(C(=O)c4ccncc4)CC3)n2)c1. The summed E-state index contributed by atoms with van der Waals surface area (Å²) in [5.41, 5.74) is 1.52. The molecule has 0 bridgehead atoms. The number of rotatable bonds is 4. The molecule has 1 aliphatic rings. The van der Waals surface area contributed by atoms with Gasteiger partial charge in [0.25, 0.3) is 5.91 Å². The lowest BCUT2D eigenvalue weighted by atomic mass is 9.96. The van der Waals surface area contributed by atoms with Crippen LogP contribution in [0, 0.1) is 0 Å². The van der Waals surface area contributed by atoms with E-state index in [0.717, 1.165) is 24.2 Å². The van der Waals surface area contributed by atoms with Crippen LogP contribution in [0.4, 0.5) is 0 Å². The summed E-state index contributed by atoms with van der Waals surface area (Å²) in [5.74, 6) is 2.14. The second-order valence-electron chi connectivity index (χ2n) is 6.49. The van der Waals surface area contributed by atoms with Gasteiger partial charge >= 0.3 is 0 Å². The Morgan fingerprint density at radius 1 is 1.19 bits per heavy atom. The number of hydrogen-bond donors (Lipinski definition) is 0. The van der Waals surface area contributed by atoms with Crippen LogP contribution < -0.4 is 4.74 Å². The molecule has 1 fully saturated rings. The number of benzene rings is 1. The van der Waals surface area contributed by atoms with Crippen LogP contribution in [0.5, 0.6) is 5.75 Å². The number of amides is 1. The van der Waals surface area contributed by atoms with Crippen molar-refractivity contribution >= 4 is 5.91 Å². The summed E-state index contributed by atoms with van der Waals surface area (Å²) in [6.07, 6.45) is 4.88. The Morgan fingerprint density at radius 3 is 2.70 bits per heavy atom. The van der Waals surface area contributed by atoms with Gasteiger partial charge in [-0.05, 0) is 37.1 Å². The van der Waals surface area contributed by atoms with E-state index in [0.29, 0.717) is 30.4 Å². The lowest BCUT2D eigenvalue weighted by Gasteiger charge is -2.30. The normalized spacial score (nSPS) is 14.9. The van der Waals surface area contributed by atoms with E-state index in [1.165, 1.54) is 0 Å². The van der Waals surface area contributed by atoms with Gasteiger partial charge in [-0.25, -0.2) is 0 Å². The standard InChI is InChI=1S/C20H20N4O3/c1-26-17-4-2-3-16(13-17)18-22-19(27-23-18)14-7-11-24(12-8-14)20(25)15-5-9-21-10-6-15/h2-6,9-10,13-14H,7-8,11-12H2,1H3. The molecule has 2 aromatic heterocycles. The number of pyridine rings is 1. The molecule has 0 aliphatic carbocycles. The quantitative estimate of drug-likeness (QED) is 0.707. The highest BCUT2D eigenvalue weighted by atomic mass is 16.5. The number of aromatic nitrogens is 3. The average molecular weight is 364 g/mol. The largest absolute Gasteiger partial charge is 0.497 e. The van der Waals surface area contributed by atoms with Gasteiger partial charge in [-0.1, -0.05) is 17.3 Å². The molecule has 27 heavy (non-hydrogen) atoms. The molecule has 7 heteroatoms. The van der Waals surface area contributed by atoms with Crippen molar-refractivity contribution in [2.75, 3.05) is 20.2 Å². The molecule has 0 spiro atoms. The Balaban J connectivity index is 1.41. The fraction of sp³-hybridized carbons (Fsp3) is 0.300. The van der Waals surface area contributed by atoms with Crippen LogP contribution in [0.15, 0.2) is 53.3 Å². The molecule has 1 saturated heterocycles. The minimum atomic E-state index is 0.0402. The molecule has 4 rings (SSSR count). The highest BCUT2D eigenvalue weighted by molar-refractivity contribution is 5.94. The van der Waals surface area contributed by atoms with E-state index in [4.69, 9.17) is 9.26 Å². The van der Waals surface area contributed by atoms with Gasteiger partial charge in [0.1, 0.15) is 5.75 Å². The average Bonchev–Trinajstić information content (AvgIpc) is 3.24. The number of carbonyl (C=O) groups is 1. The third-order valence-corrected chi connectivity index (χ3v) is 4.83. The predicted octanol–water partition coefficient (Wildman–Crippen LogP) is 3.16. The van der Waals surface area contributed by atoms with Crippen LogP contribution in [-0.4, -0.2) is 46.1 Å². The van der Waals surface area contributed by atoms with E-state index in [1.54, 1.807) is 31.6 Å². The van der Waals surface area contributed by atoms with Gasteiger partial charge in [-0.2, -0.15) is 4.98 Å². The maximum absolute atomic E-state index is 12.5. The van der Waals surface area contributed by atoms with Crippen LogP contribution >= 0.6 is 0 Å². The third-order valence-electron chi connectivity index (χ3n) is 4.83. The first kappa shape index (κ1) is 17.2. The summed E-state index contributed by atoms with van der Waals surface area (Å²) in [5, 5.41) is 4.11. The fourth-order valence-electron chi connectivity index (χ4n) is 3.29. The van der Waals surface area contributed by atoms with Crippen molar-refractivity contribution in [2.24, 2.45) is 0 Å². The van der Waals surface area contributed by atoms with Crippen molar-refractivity contribution in [1.82, 2.24) is 20.0 Å². The second kappa shape index (κ2) is 7.57. The molecule has 138 valence electrons. The number of ether oxygens (including phenoxy) is 1. The van der Waals surface area contributed by atoms with E-state index in [-0.39, 0.29) is 11.8 Å². The van der Waals surface area contributed by atoms with Gasteiger partial charge in [0.15, 0.2) is 0 Å². The molecular weight excluding hydrogens is 344 g/mol. The van der Waals surface area contributed by atoms with Gasteiger partial charge in [-0.3, -0.25) is 9.78 Å². The summed E-state index contributed by atoms with van der Waals surface area (Å²) in [6, 6.07) is 11.1. The van der Waals surface area contributed by atoms with Crippen molar-refractivity contribution in [3.63, 3.8) is 0 Å². The molecule has 1 amide bonds. The van der Waals surface area contributed by atoms with Crippen molar-refractivity contribution in [3.05, 3.63) is 60.2 Å². The van der Waals surface area contributed by atoms with Crippen LogP contribution in [0.1, 0.15) is 35.0 Å². The minimum absolute atomic E-state index is 0.0402. The number of likely N-dealkylation sites (tertiary alicyclic amines) is 1. The maximum atomic E-state index is 12.5. The molecule has 0 N–H and O–H groups in total. The van der Waals surface area contributed by atoms with E-state index in [1.807, 2.05) is 29.2 Å². The highest BCUT2D eigenvalue weighted by Gasteiger charge is 2.28. The Kier molecular flexibility index (Phi) is 4.82. The maximum Gasteiger partial charge on any atom is 0.253 e. The molecule has 3 heterocycles. The van der Waals surface area contributed by atoms with Crippen LogP contribution in [0.25, 0.3) is 11.4 Å². The van der Waals surface area contributed by atoms with Crippen LogP contribution in [0.2, 0.25) is 0 Å². The molecule has 0 saturated carbocycles. The monoisotopic (exact) mass is 364 g/mol. The topological polar surface area (TPSA) is 81.4 Å². The minimum Gasteiger partial charge on any atom is -0.497 e. The Labute approximate surface area is 157 Å². The Hall–Kier alpha value is -3.22. The Bertz CT molecular complexity index is 918. The number of hydrogen-bond acceptors (Lipinski definition) is 6. The first-order valence-electron chi connectivity index (χ1n) is 8.92. The molecule has 0 atom stereocenters. The van der Waals surface area contributed by atoms with Crippen molar-refractivity contribution in [2.45, 2.75) is 18.8 Å². The number of carbonyl (C=O) groups excluding carboxylic acids is 1. The van der Waals surface area contributed by atoms with Gasteiger partial charge < -0.3 is 14.2 Å². The summed E-state index contributed by atoms with van der Waals surface area (Å²) >= 11 is 0. The zero-order valence-electron chi connectivity index (χ0n) is 15.0. The lowest BCUT2D eigenvalue weighted by molar-refractivity contribution is 0.0704. The van der Waals surface area contributed by atoms with E-state index < -0.39 is 0 Å². The fourth-order valence-corrected chi connectivity index (χ4v) is 3.29. The van der Waals surface area contributed by atoms with E-state index in [9.17, 15) is 4.79 Å². The third kappa shape index (κ3) is 3.67. The number of methoxy groups -OCH3 is 1. The zero-order valence-corrected chi connectivity index (χ0v) is 15.0. The summed E-state index contributed by atoms with van der Waals surface area (Å²) in [4.78, 5) is 22.9. The summed E-state index contributed by atoms with van der Waals surface area (Å²) in [6.45, 7) is 1.34. The number of nitrogens with zero attached hydrogens (tertiary/aromatic N) is 4. The van der Waals surface area contributed by atoms with Crippen molar-refractivity contribution < 1.29 is 14.1 Å². The van der Waals surface area contributed by atoms with Gasteiger partial charge in [-0.15, -0.1) is 0 Å². The molecule has 0 unspecified atom stereocenters.